The van der Waals surface area contributed by atoms with Crippen LogP contribution in [0.5, 0.6) is 0 Å². The smallest absolute Gasteiger partial charge is 0.237 e. The summed E-state index contributed by atoms with van der Waals surface area (Å²) in [4.78, 5) is 0. The van der Waals surface area contributed by atoms with Gasteiger partial charge in [0.2, 0.25) is 7.83 Å². The molecule has 0 saturated heterocycles. The van der Waals surface area contributed by atoms with Crippen molar-refractivity contribution in [2.75, 3.05) is 0 Å². The van der Waals surface area contributed by atoms with Crippen LogP contribution in [-0.4, -0.2) is 30.9 Å². The maximum absolute atomic E-state index is 7.87. The van der Waals surface area contributed by atoms with Gasteiger partial charge in [-0.2, -0.15) is 0 Å². The Morgan fingerprint density at radius 1 is 0.400 bits per heavy atom. The van der Waals surface area contributed by atoms with Crippen LogP contribution in [0.3, 0.4) is 0 Å². The van der Waals surface area contributed by atoms with Crippen molar-refractivity contribution in [1.29, 1.82) is 0 Å². The van der Waals surface area contributed by atoms with Crippen LogP contribution < -0.4 is 20.7 Å². The van der Waals surface area contributed by atoms with E-state index in [0.717, 1.165) is 0 Å². The first-order valence-corrected chi connectivity index (χ1v) is 25.4. The molecule has 0 aliphatic carbocycles. The molecule has 180 valence electrons. The Morgan fingerprint density at radius 3 is 0.943 bits per heavy atom. The summed E-state index contributed by atoms with van der Waals surface area (Å²) in [5, 5.41) is 5.86. The van der Waals surface area contributed by atoms with Crippen LogP contribution in [-0.2, 0) is 4.12 Å². The molecular formula is C30H38OSi4. The molecule has 4 aromatic rings. The fourth-order valence-corrected chi connectivity index (χ4v) is 53.0. The summed E-state index contributed by atoms with van der Waals surface area (Å²) in [6, 6.07) is 45.6. The van der Waals surface area contributed by atoms with Crippen molar-refractivity contribution in [1.82, 2.24) is 0 Å². The molecule has 0 fully saturated rings. The molecule has 35 heavy (non-hydrogen) atoms. The first-order valence-electron chi connectivity index (χ1n) is 12.6. The van der Waals surface area contributed by atoms with Crippen LogP contribution in [0.1, 0.15) is 0 Å². The highest BCUT2D eigenvalue weighted by atomic mass is 29.6. The number of benzene rings is 4. The van der Waals surface area contributed by atoms with Crippen molar-refractivity contribution in [3.05, 3.63) is 121 Å². The molecule has 0 bridgehead atoms. The number of rotatable bonds is 8. The predicted octanol–water partition coefficient (Wildman–Crippen LogP) is 5.36. The Bertz CT molecular complexity index is 1140. The monoisotopic (exact) mass is 526 g/mol. The lowest BCUT2D eigenvalue weighted by atomic mass is 10.4. The first kappa shape index (κ1) is 25.8. The molecule has 0 aliphatic rings. The maximum atomic E-state index is 7.87. The molecule has 0 N–H and O–H groups in total. The van der Waals surface area contributed by atoms with Gasteiger partial charge in [-0.3, -0.25) is 0 Å². The predicted molar refractivity (Wildman–Crippen MR) is 164 cm³/mol. The molecule has 0 spiro atoms. The van der Waals surface area contributed by atoms with Crippen LogP contribution in [0.15, 0.2) is 121 Å². The van der Waals surface area contributed by atoms with Crippen molar-refractivity contribution in [3.63, 3.8) is 0 Å². The Balaban J connectivity index is 2.32. The van der Waals surface area contributed by atoms with Gasteiger partial charge in [-0.1, -0.05) is 151 Å². The highest BCUT2D eigenvalue weighted by molar-refractivity contribution is 7.80. The minimum atomic E-state index is -2.82. The molecule has 0 unspecified atom stereocenters. The standard InChI is InChI=1S/C30H38OSi4/c1-32(2,3)31-34(27-19-11-7-12-20-27,28-21-13-8-14-22-28)35(33(4,5)6,29-23-15-9-16-24-29)30-25-17-10-18-26-30/h7-26H,1-6H3. The lowest BCUT2D eigenvalue weighted by Crippen LogP contribution is -2.95. The molecular weight excluding hydrogens is 489 g/mol. The van der Waals surface area contributed by atoms with Gasteiger partial charge < -0.3 is 4.12 Å². The third kappa shape index (κ3) is 4.63. The summed E-state index contributed by atoms with van der Waals surface area (Å²) in [7, 11) is -9.26. The van der Waals surface area contributed by atoms with Crippen molar-refractivity contribution < 1.29 is 4.12 Å². The van der Waals surface area contributed by atoms with E-state index in [-0.39, 0.29) is 0 Å². The van der Waals surface area contributed by atoms with Gasteiger partial charge in [-0.25, -0.2) is 0 Å². The van der Waals surface area contributed by atoms with Crippen molar-refractivity contribution >= 4 is 51.6 Å². The number of hydrogen-bond acceptors (Lipinski definition) is 1. The quantitative estimate of drug-likeness (QED) is 0.281. The van der Waals surface area contributed by atoms with Crippen LogP contribution in [0.2, 0.25) is 39.3 Å². The Morgan fingerprint density at radius 2 is 0.686 bits per heavy atom. The second-order valence-electron chi connectivity index (χ2n) is 11.4. The van der Waals surface area contributed by atoms with E-state index >= 15 is 0 Å². The minimum Gasteiger partial charge on any atom is -0.451 e. The second-order valence-corrected chi connectivity index (χ2v) is 38.7. The first-order chi connectivity index (χ1) is 16.6. The Kier molecular flexibility index (Phi) is 7.36. The van der Waals surface area contributed by atoms with Crippen LogP contribution in [0, 0.1) is 0 Å². The average Bonchev–Trinajstić information content (AvgIpc) is 2.84. The maximum Gasteiger partial charge on any atom is 0.237 e. The SMILES string of the molecule is C[Si](C)(C)O[Si](c1ccccc1)(c1ccccc1)[Si](c1ccccc1)(c1ccccc1)[Si](C)(C)C. The van der Waals surface area contributed by atoms with Crippen molar-refractivity contribution in [2.24, 2.45) is 0 Å². The molecule has 0 atom stereocenters. The van der Waals surface area contributed by atoms with Gasteiger partial charge in [0.1, 0.15) is 7.11 Å². The fraction of sp³-hybridized carbons (Fsp3) is 0.200. The minimum absolute atomic E-state index is 1.41. The summed E-state index contributed by atoms with van der Waals surface area (Å²) in [6.45, 7) is 14.9. The third-order valence-corrected chi connectivity index (χ3v) is 44.5. The van der Waals surface area contributed by atoms with Gasteiger partial charge in [0.15, 0.2) is 8.32 Å². The highest BCUT2D eigenvalue weighted by Crippen LogP contribution is 2.32. The fourth-order valence-electron chi connectivity index (χ4n) is 5.94. The van der Waals surface area contributed by atoms with Gasteiger partial charge in [-0.15, -0.1) is 0 Å². The Labute approximate surface area is 215 Å². The average molecular weight is 527 g/mol. The molecule has 0 heterocycles. The van der Waals surface area contributed by atoms with Gasteiger partial charge in [0, 0.05) is 0 Å². The molecule has 4 aromatic carbocycles. The molecule has 0 radical (unpaired) electrons. The highest BCUT2D eigenvalue weighted by Gasteiger charge is 2.67. The van der Waals surface area contributed by atoms with Crippen LogP contribution >= 0.6 is 0 Å². The molecule has 0 saturated carbocycles. The van der Waals surface area contributed by atoms with E-state index in [1.807, 2.05) is 0 Å². The topological polar surface area (TPSA) is 9.23 Å². The third-order valence-electron chi connectivity index (χ3n) is 6.89. The van der Waals surface area contributed by atoms with Gasteiger partial charge >= 0.3 is 0 Å². The number of hydrogen-bond donors (Lipinski definition) is 0. The summed E-state index contributed by atoms with van der Waals surface area (Å²) >= 11 is 0. The zero-order valence-electron chi connectivity index (χ0n) is 22.0. The lowest BCUT2D eigenvalue weighted by Gasteiger charge is -2.56. The zero-order valence-corrected chi connectivity index (χ0v) is 26.0. The largest absolute Gasteiger partial charge is 0.451 e. The molecule has 1 nitrogen and oxygen atoms in total. The summed E-state index contributed by atoms with van der Waals surface area (Å²) in [5.74, 6) is 0. The summed E-state index contributed by atoms with van der Waals surface area (Å²) in [6.07, 6.45) is 0. The van der Waals surface area contributed by atoms with E-state index in [9.17, 15) is 0 Å². The van der Waals surface area contributed by atoms with E-state index in [1.165, 1.54) is 20.7 Å². The van der Waals surface area contributed by atoms with Crippen LogP contribution in [0.25, 0.3) is 0 Å². The normalized spacial score (nSPS) is 13.0. The molecule has 0 aromatic heterocycles. The summed E-state index contributed by atoms with van der Waals surface area (Å²) < 4.78 is 7.87. The molecule has 4 rings (SSSR count). The van der Waals surface area contributed by atoms with Crippen molar-refractivity contribution in [3.8, 4) is 0 Å². The lowest BCUT2D eigenvalue weighted by molar-refractivity contribution is 0.584. The zero-order chi connectivity index (χ0) is 25.2. The molecule has 0 amide bonds. The van der Waals surface area contributed by atoms with E-state index < -0.39 is 30.9 Å². The van der Waals surface area contributed by atoms with Gasteiger partial charge in [-0.05, 0) is 30.0 Å². The summed E-state index contributed by atoms with van der Waals surface area (Å²) in [5.41, 5.74) is 0. The van der Waals surface area contributed by atoms with Crippen LogP contribution in [0.4, 0.5) is 0 Å². The van der Waals surface area contributed by atoms with E-state index in [2.05, 4.69) is 161 Å². The van der Waals surface area contributed by atoms with E-state index in [1.54, 1.807) is 0 Å². The molecule has 0 aliphatic heterocycles. The molecule has 5 heteroatoms. The van der Waals surface area contributed by atoms with Gasteiger partial charge in [0.25, 0.3) is 0 Å². The Hall–Kier alpha value is -2.29. The van der Waals surface area contributed by atoms with Gasteiger partial charge in [0.05, 0.1) is 7.59 Å². The second kappa shape index (κ2) is 9.99. The van der Waals surface area contributed by atoms with Crippen molar-refractivity contribution in [2.45, 2.75) is 39.3 Å². The van der Waals surface area contributed by atoms with E-state index in [0.29, 0.717) is 0 Å². The van der Waals surface area contributed by atoms with E-state index in [4.69, 9.17) is 4.12 Å².